The molecule has 3 rings (SSSR count). The molecule has 20 heavy (non-hydrogen) atoms. The normalized spacial score (nSPS) is 26.8. The van der Waals surface area contributed by atoms with Crippen LogP contribution in [0.5, 0.6) is 0 Å². The van der Waals surface area contributed by atoms with Crippen LogP contribution >= 0.6 is 0 Å². The third-order valence-corrected chi connectivity index (χ3v) is 4.71. The zero-order valence-electron chi connectivity index (χ0n) is 12.6. The Balaban J connectivity index is 1.75. The molecule has 2 aliphatic rings. The van der Waals surface area contributed by atoms with Gasteiger partial charge in [-0.1, -0.05) is 26.7 Å². The van der Waals surface area contributed by atoms with Gasteiger partial charge in [0.05, 0.1) is 0 Å². The molecule has 4 nitrogen and oxygen atoms in total. The Hall–Kier alpha value is -1.32. The Morgan fingerprint density at radius 3 is 2.60 bits per heavy atom. The lowest BCUT2D eigenvalue weighted by atomic mass is 9.78. The fourth-order valence-corrected chi connectivity index (χ4v) is 3.41. The lowest BCUT2D eigenvalue weighted by Gasteiger charge is -2.35. The van der Waals surface area contributed by atoms with E-state index in [0.717, 1.165) is 23.5 Å². The van der Waals surface area contributed by atoms with Crippen molar-refractivity contribution in [3.63, 3.8) is 0 Å². The summed E-state index contributed by atoms with van der Waals surface area (Å²) in [4.78, 5) is 9.05. The maximum atomic E-state index is 5.93. The van der Waals surface area contributed by atoms with E-state index in [1.54, 1.807) is 0 Å². The molecule has 0 saturated heterocycles. The molecule has 0 aliphatic heterocycles. The highest BCUT2D eigenvalue weighted by molar-refractivity contribution is 5.46. The molecule has 1 heterocycles. The van der Waals surface area contributed by atoms with E-state index < -0.39 is 0 Å². The van der Waals surface area contributed by atoms with Crippen molar-refractivity contribution in [2.24, 2.45) is 11.8 Å². The predicted molar refractivity (Wildman–Crippen MR) is 82.6 cm³/mol. The minimum atomic E-state index is 0.533. The van der Waals surface area contributed by atoms with E-state index in [2.05, 4.69) is 29.1 Å². The molecule has 2 atom stereocenters. The van der Waals surface area contributed by atoms with Crippen LogP contribution in [0.2, 0.25) is 0 Å². The van der Waals surface area contributed by atoms with Gasteiger partial charge in [-0.3, -0.25) is 0 Å². The molecular formula is C16H26N4. The van der Waals surface area contributed by atoms with Crippen LogP contribution in [-0.4, -0.2) is 16.0 Å². The monoisotopic (exact) mass is 274 g/mol. The van der Waals surface area contributed by atoms with Gasteiger partial charge < -0.3 is 11.1 Å². The summed E-state index contributed by atoms with van der Waals surface area (Å²) >= 11 is 0. The first-order chi connectivity index (χ1) is 9.63. The molecule has 4 heteroatoms. The number of aromatic nitrogens is 2. The largest absolute Gasteiger partial charge is 0.384 e. The third kappa shape index (κ3) is 3.05. The summed E-state index contributed by atoms with van der Waals surface area (Å²) in [5.41, 5.74) is 5.93. The number of rotatable bonds is 4. The Kier molecular flexibility index (Phi) is 3.81. The maximum Gasteiger partial charge on any atom is 0.136 e. The van der Waals surface area contributed by atoms with Crippen LogP contribution in [0.25, 0.3) is 0 Å². The average Bonchev–Trinajstić information content (AvgIpc) is 3.22. The van der Waals surface area contributed by atoms with Crippen LogP contribution in [0.1, 0.15) is 64.1 Å². The van der Waals surface area contributed by atoms with Gasteiger partial charge in [-0.2, -0.15) is 0 Å². The van der Waals surface area contributed by atoms with Crippen molar-refractivity contribution in [1.29, 1.82) is 0 Å². The van der Waals surface area contributed by atoms with Crippen molar-refractivity contribution in [3.05, 3.63) is 11.9 Å². The summed E-state index contributed by atoms with van der Waals surface area (Å²) in [6, 6.07) is 2.42. The molecule has 0 aromatic carbocycles. The number of nitrogens with two attached hydrogens (primary N) is 1. The number of nitrogens with one attached hydrogen (secondary N) is 1. The zero-order valence-corrected chi connectivity index (χ0v) is 12.6. The summed E-state index contributed by atoms with van der Waals surface area (Å²) in [6.45, 7) is 4.66. The van der Waals surface area contributed by atoms with Gasteiger partial charge in [-0.25, -0.2) is 9.97 Å². The van der Waals surface area contributed by atoms with Crippen LogP contribution in [0, 0.1) is 11.8 Å². The summed E-state index contributed by atoms with van der Waals surface area (Å²) in [6.07, 6.45) is 7.66. The second-order valence-corrected chi connectivity index (χ2v) is 6.75. The Morgan fingerprint density at radius 2 is 1.90 bits per heavy atom. The third-order valence-electron chi connectivity index (χ3n) is 4.71. The van der Waals surface area contributed by atoms with Crippen LogP contribution in [-0.2, 0) is 0 Å². The van der Waals surface area contributed by atoms with Gasteiger partial charge in [0.2, 0.25) is 0 Å². The molecule has 110 valence electrons. The van der Waals surface area contributed by atoms with Gasteiger partial charge in [-0.15, -0.1) is 0 Å². The summed E-state index contributed by atoms with van der Waals surface area (Å²) in [5.74, 6) is 4.47. The number of nitrogen functional groups attached to an aromatic ring is 1. The molecule has 0 spiro atoms. The molecule has 0 bridgehead atoms. The van der Waals surface area contributed by atoms with Crippen molar-refractivity contribution in [3.8, 4) is 0 Å². The average molecular weight is 274 g/mol. The molecule has 0 amide bonds. The minimum absolute atomic E-state index is 0.533. The highest BCUT2D eigenvalue weighted by atomic mass is 15.1. The van der Waals surface area contributed by atoms with E-state index in [0.29, 0.717) is 17.8 Å². The van der Waals surface area contributed by atoms with Crippen LogP contribution < -0.4 is 11.1 Å². The van der Waals surface area contributed by atoms with Crippen LogP contribution in [0.3, 0.4) is 0 Å². The lowest BCUT2D eigenvalue weighted by Crippen LogP contribution is -2.35. The highest BCUT2D eigenvalue weighted by Crippen LogP contribution is 2.39. The number of hydrogen-bond acceptors (Lipinski definition) is 4. The van der Waals surface area contributed by atoms with E-state index in [1.807, 2.05) is 6.07 Å². The number of anilines is 2. The van der Waals surface area contributed by atoms with E-state index in [1.165, 1.54) is 38.5 Å². The molecule has 3 N–H and O–H groups in total. The molecule has 0 radical (unpaired) electrons. The second kappa shape index (κ2) is 5.58. The molecule has 1 aromatic heterocycles. The second-order valence-electron chi connectivity index (χ2n) is 6.75. The first-order valence-corrected chi connectivity index (χ1v) is 8.04. The predicted octanol–water partition coefficient (Wildman–Crippen LogP) is 3.56. The van der Waals surface area contributed by atoms with E-state index >= 15 is 0 Å². The summed E-state index contributed by atoms with van der Waals surface area (Å²) < 4.78 is 0. The van der Waals surface area contributed by atoms with E-state index in [9.17, 15) is 0 Å². The SMILES string of the molecule is CC(C)C1CCCCC1Nc1cc(N)nc(C2CC2)n1. The van der Waals surface area contributed by atoms with E-state index in [4.69, 9.17) is 5.73 Å². The van der Waals surface area contributed by atoms with Gasteiger partial charge in [-0.05, 0) is 37.5 Å². The zero-order chi connectivity index (χ0) is 14.1. The number of hydrogen-bond donors (Lipinski definition) is 2. The maximum absolute atomic E-state index is 5.93. The van der Waals surface area contributed by atoms with Gasteiger partial charge in [0.15, 0.2) is 0 Å². The number of nitrogens with zero attached hydrogens (tertiary/aromatic N) is 2. The van der Waals surface area contributed by atoms with Crippen LogP contribution in [0.4, 0.5) is 11.6 Å². The van der Waals surface area contributed by atoms with Gasteiger partial charge in [0.1, 0.15) is 17.5 Å². The molecular weight excluding hydrogens is 248 g/mol. The van der Waals surface area contributed by atoms with Crippen molar-refractivity contribution in [1.82, 2.24) is 9.97 Å². The van der Waals surface area contributed by atoms with Gasteiger partial charge in [0, 0.05) is 18.0 Å². The first-order valence-electron chi connectivity index (χ1n) is 8.04. The van der Waals surface area contributed by atoms with Gasteiger partial charge >= 0.3 is 0 Å². The summed E-state index contributed by atoms with van der Waals surface area (Å²) in [7, 11) is 0. The van der Waals surface area contributed by atoms with E-state index in [-0.39, 0.29) is 0 Å². The Morgan fingerprint density at radius 1 is 1.15 bits per heavy atom. The Bertz CT molecular complexity index is 468. The fourth-order valence-electron chi connectivity index (χ4n) is 3.41. The molecule has 1 aromatic rings. The smallest absolute Gasteiger partial charge is 0.136 e. The standard InChI is InChI=1S/C16H26N4/c1-10(2)12-5-3-4-6-13(12)18-15-9-14(17)19-16(20-15)11-7-8-11/h9-13H,3-8H2,1-2H3,(H3,17,18,19,20). The topological polar surface area (TPSA) is 63.8 Å². The quantitative estimate of drug-likeness (QED) is 0.881. The van der Waals surface area contributed by atoms with Crippen molar-refractivity contribution in [2.45, 2.75) is 64.3 Å². The van der Waals surface area contributed by atoms with Crippen molar-refractivity contribution < 1.29 is 0 Å². The molecule has 2 fully saturated rings. The van der Waals surface area contributed by atoms with Crippen LogP contribution in [0.15, 0.2) is 6.07 Å². The van der Waals surface area contributed by atoms with Gasteiger partial charge in [0.25, 0.3) is 0 Å². The Labute approximate surface area is 121 Å². The fraction of sp³-hybridized carbons (Fsp3) is 0.750. The highest BCUT2D eigenvalue weighted by Gasteiger charge is 2.29. The molecule has 2 aliphatic carbocycles. The molecule has 2 unspecified atom stereocenters. The first kappa shape index (κ1) is 13.7. The summed E-state index contributed by atoms with van der Waals surface area (Å²) in [5, 5.41) is 3.65. The van der Waals surface area contributed by atoms with Crippen molar-refractivity contribution in [2.75, 3.05) is 11.1 Å². The minimum Gasteiger partial charge on any atom is -0.384 e. The van der Waals surface area contributed by atoms with Crippen molar-refractivity contribution >= 4 is 11.6 Å². The molecule has 2 saturated carbocycles. The lowest BCUT2D eigenvalue weighted by molar-refractivity contribution is 0.253.